The maximum atomic E-state index is 12.3. The Morgan fingerprint density at radius 2 is 2.41 bits per heavy atom. The third-order valence-electron chi connectivity index (χ3n) is 3.70. The number of amides is 1. The van der Waals surface area contributed by atoms with Crippen LogP contribution in [0.25, 0.3) is 0 Å². The molecule has 92 valence electrons. The maximum Gasteiger partial charge on any atom is 0.227 e. The van der Waals surface area contributed by atoms with Crippen LogP contribution >= 0.6 is 0 Å². The monoisotopic (exact) mass is 234 g/mol. The molecular formula is C12H18N4O. The summed E-state index contributed by atoms with van der Waals surface area (Å²) in [6.07, 6.45) is 5.93. The first-order valence-electron chi connectivity index (χ1n) is 6.34. The molecule has 17 heavy (non-hydrogen) atoms. The molecule has 0 saturated carbocycles. The average Bonchev–Trinajstić information content (AvgIpc) is 2.86. The number of hydrogen-bond acceptors (Lipinski definition) is 3. The summed E-state index contributed by atoms with van der Waals surface area (Å²) in [5.74, 6) is 1.48. The van der Waals surface area contributed by atoms with Crippen LogP contribution in [-0.4, -0.2) is 40.0 Å². The predicted octanol–water partition coefficient (Wildman–Crippen LogP) is 0.225. The lowest BCUT2D eigenvalue weighted by molar-refractivity contribution is -0.137. The number of hydrogen-bond donors (Lipinski definition) is 1. The van der Waals surface area contributed by atoms with Gasteiger partial charge in [0.1, 0.15) is 5.82 Å². The number of carbonyl (C=O) groups is 1. The molecule has 0 bridgehead atoms. The van der Waals surface area contributed by atoms with Gasteiger partial charge in [0.05, 0.1) is 12.5 Å². The van der Waals surface area contributed by atoms with E-state index in [1.807, 2.05) is 17.3 Å². The highest BCUT2D eigenvalue weighted by molar-refractivity contribution is 5.79. The first-order chi connectivity index (χ1) is 8.34. The fourth-order valence-corrected chi connectivity index (χ4v) is 2.68. The van der Waals surface area contributed by atoms with Crippen molar-refractivity contribution in [3.05, 3.63) is 18.2 Å². The standard InChI is InChI=1S/C12H18N4O/c17-12(10-2-1-3-13-8-10)16-7-6-15-5-4-14-11(15)9-16/h4-5,10,13H,1-3,6-9H2/t10-/m1/s1. The minimum absolute atomic E-state index is 0.172. The normalized spacial score (nSPS) is 24.5. The van der Waals surface area contributed by atoms with Gasteiger partial charge in [-0.2, -0.15) is 0 Å². The second-order valence-electron chi connectivity index (χ2n) is 4.84. The van der Waals surface area contributed by atoms with E-state index in [1.54, 1.807) is 0 Å². The molecule has 0 aromatic carbocycles. The molecule has 1 fully saturated rings. The van der Waals surface area contributed by atoms with Gasteiger partial charge in [0.25, 0.3) is 0 Å². The molecule has 2 aliphatic rings. The molecule has 3 rings (SSSR count). The van der Waals surface area contributed by atoms with Gasteiger partial charge in [-0.3, -0.25) is 4.79 Å². The smallest absolute Gasteiger partial charge is 0.227 e. The van der Waals surface area contributed by atoms with E-state index >= 15 is 0 Å². The number of nitrogens with zero attached hydrogens (tertiary/aromatic N) is 3. The van der Waals surface area contributed by atoms with Crippen molar-refractivity contribution in [2.75, 3.05) is 19.6 Å². The van der Waals surface area contributed by atoms with Gasteiger partial charge in [0, 0.05) is 32.0 Å². The number of fused-ring (bicyclic) bond motifs is 1. The molecule has 3 heterocycles. The van der Waals surface area contributed by atoms with E-state index in [2.05, 4.69) is 14.9 Å². The van der Waals surface area contributed by atoms with Crippen molar-refractivity contribution in [1.82, 2.24) is 19.8 Å². The molecule has 0 spiro atoms. The van der Waals surface area contributed by atoms with E-state index in [4.69, 9.17) is 0 Å². The topological polar surface area (TPSA) is 50.2 Å². The van der Waals surface area contributed by atoms with Crippen molar-refractivity contribution in [3.8, 4) is 0 Å². The fraction of sp³-hybridized carbons (Fsp3) is 0.667. The third-order valence-corrected chi connectivity index (χ3v) is 3.70. The lowest BCUT2D eigenvalue weighted by Crippen LogP contribution is -2.45. The van der Waals surface area contributed by atoms with Gasteiger partial charge < -0.3 is 14.8 Å². The number of piperidine rings is 1. The van der Waals surface area contributed by atoms with Crippen LogP contribution in [-0.2, 0) is 17.9 Å². The van der Waals surface area contributed by atoms with Crippen molar-refractivity contribution in [2.24, 2.45) is 5.92 Å². The number of aromatic nitrogens is 2. The van der Waals surface area contributed by atoms with Crippen molar-refractivity contribution in [1.29, 1.82) is 0 Å². The average molecular weight is 234 g/mol. The molecule has 0 aliphatic carbocycles. The zero-order chi connectivity index (χ0) is 11.7. The van der Waals surface area contributed by atoms with Gasteiger partial charge >= 0.3 is 0 Å². The summed E-state index contributed by atoms with van der Waals surface area (Å²) >= 11 is 0. The zero-order valence-electron chi connectivity index (χ0n) is 9.93. The lowest BCUT2D eigenvalue weighted by Gasteiger charge is -2.32. The van der Waals surface area contributed by atoms with Crippen molar-refractivity contribution >= 4 is 5.91 Å². The van der Waals surface area contributed by atoms with E-state index in [0.29, 0.717) is 12.5 Å². The molecule has 1 aromatic heterocycles. The van der Waals surface area contributed by atoms with Crippen LogP contribution in [0.3, 0.4) is 0 Å². The number of nitrogens with one attached hydrogen (secondary N) is 1. The Kier molecular flexibility index (Phi) is 2.84. The molecule has 1 saturated heterocycles. The van der Waals surface area contributed by atoms with E-state index in [0.717, 1.165) is 44.8 Å². The van der Waals surface area contributed by atoms with Crippen LogP contribution in [0.2, 0.25) is 0 Å². The van der Waals surface area contributed by atoms with Gasteiger partial charge in [-0.15, -0.1) is 0 Å². The Hall–Kier alpha value is -1.36. The van der Waals surface area contributed by atoms with E-state index in [1.165, 1.54) is 0 Å². The van der Waals surface area contributed by atoms with Crippen LogP contribution < -0.4 is 5.32 Å². The highest BCUT2D eigenvalue weighted by Crippen LogP contribution is 2.17. The maximum absolute atomic E-state index is 12.3. The highest BCUT2D eigenvalue weighted by atomic mass is 16.2. The van der Waals surface area contributed by atoms with Crippen LogP contribution in [0, 0.1) is 5.92 Å². The van der Waals surface area contributed by atoms with Gasteiger partial charge in [-0.25, -0.2) is 4.98 Å². The fourth-order valence-electron chi connectivity index (χ4n) is 2.68. The highest BCUT2D eigenvalue weighted by Gasteiger charge is 2.28. The molecular weight excluding hydrogens is 216 g/mol. The Morgan fingerprint density at radius 1 is 1.47 bits per heavy atom. The van der Waals surface area contributed by atoms with Gasteiger partial charge in [0.2, 0.25) is 5.91 Å². The van der Waals surface area contributed by atoms with Crippen LogP contribution in [0.5, 0.6) is 0 Å². The van der Waals surface area contributed by atoms with Gasteiger partial charge in [0.15, 0.2) is 0 Å². The molecule has 1 amide bonds. The SMILES string of the molecule is O=C([C@@H]1CCCNC1)N1CCn2ccnc2C1. The van der Waals surface area contributed by atoms with Crippen LogP contribution in [0.1, 0.15) is 18.7 Å². The van der Waals surface area contributed by atoms with Crippen molar-refractivity contribution in [2.45, 2.75) is 25.9 Å². The number of carbonyl (C=O) groups excluding carboxylic acids is 1. The first-order valence-corrected chi connectivity index (χ1v) is 6.34. The number of imidazole rings is 1. The van der Waals surface area contributed by atoms with E-state index in [9.17, 15) is 4.79 Å². The minimum atomic E-state index is 0.172. The Labute approximate surface area is 101 Å². The molecule has 1 atom stereocenters. The molecule has 5 nitrogen and oxygen atoms in total. The minimum Gasteiger partial charge on any atom is -0.333 e. The van der Waals surface area contributed by atoms with Crippen LogP contribution in [0.4, 0.5) is 0 Å². The van der Waals surface area contributed by atoms with Crippen molar-refractivity contribution < 1.29 is 4.79 Å². The summed E-state index contributed by atoms with van der Waals surface area (Å²) in [6.45, 7) is 4.25. The summed E-state index contributed by atoms with van der Waals surface area (Å²) in [4.78, 5) is 18.6. The van der Waals surface area contributed by atoms with Gasteiger partial charge in [-0.05, 0) is 19.4 Å². The first kappa shape index (κ1) is 10.8. The van der Waals surface area contributed by atoms with Gasteiger partial charge in [-0.1, -0.05) is 0 Å². The molecule has 0 radical (unpaired) electrons. The van der Waals surface area contributed by atoms with Crippen LogP contribution in [0.15, 0.2) is 12.4 Å². The summed E-state index contributed by atoms with van der Waals surface area (Å²) in [5.41, 5.74) is 0. The largest absolute Gasteiger partial charge is 0.333 e. The molecule has 5 heteroatoms. The Balaban J connectivity index is 1.67. The molecule has 2 aliphatic heterocycles. The number of rotatable bonds is 1. The zero-order valence-corrected chi connectivity index (χ0v) is 9.93. The predicted molar refractivity (Wildman–Crippen MR) is 63.2 cm³/mol. The quantitative estimate of drug-likeness (QED) is 0.756. The second-order valence-corrected chi connectivity index (χ2v) is 4.84. The van der Waals surface area contributed by atoms with Crippen molar-refractivity contribution in [3.63, 3.8) is 0 Å². The Bertz CT molecular complexity index is 408. The lowest BCUT2D eigenvalue weighted by atomic mass is 9.98. The second kappa shape index (κ2) is 4.49. The third kappa shape index (κ3) is 2.07. The summed E-state index contributed by atoms with van der Waals surface area (Å²) in [5, 5.41) is 3.30. The molecule has 0 unspecified atom stereocenters. The Morgan fingerprint density at radius 3 is 3.24 bits per heavy atom. The summed E-state index contributed by atoms with van der Waals surface area (Å²) in [6, 6.07) is 0. The molecule has 1 N–H and O–H groups in total. The summed E-state index contributed by atoms with van der Waals surface area (Å²) in [7, 11) is 0. The van der Waals surface area contributed by atoms with E-state index < -0.39 is 0 Å². The molecule has 1 aromatic rings. The summed E-state index contributed by atoms with van der Waals surface area (Å²) < 4.78 is 2.13. The van der Waals surface area contributed by atoms with E-state index in [-0.39, 0.29) is 5.92 Å².